The van der Waals surface area contributed by atoms with Crippen molar-refractivity contribution in [3.63, 3.8) is 0 Å². The number of alkyl carbamates (subject to hydrolysis) is 1. The molecule has 2 rings (SSSR count). The lowest BCUT2D eigenvalue weighted by Crippen LogP contribution is -2.41. The summed E-state index contributed by atoms with van der Waals surface area (Å²) in [4.78, 5) is 36.2. The smallest absolute Gasteiger partial charge is 0.388 e. The van der Waals surface area contributed by atoms with Gasteiger partial charge in [-0.3, -0.25) is 9.59 Å². The summed E-state index contributed by atoms with van der Waals surface area (Å²) in [6.45, 7) is 5.59. The number of benzene rings is 1. The zero-order valence-corrected chi connectivity index (χ0v) is 17.7. The topological polar surface area (TPSA) is 102 Å². The molecule has 0 aliphatic carbocycles. The number of ketones is 1. The molecule has 1 heterocycles. The van der Waals surface area contributed by atoms with Crippen LogP contribution in [0.15, 0.2) is 54.9 Å². The second-order valence-electron chi connectivity index (χ2n) is 7.78. The molecule has 160 valence electrons. The van der Waals surface area contributed by atoms with Gasteiger partial charge < -0.3 is 15.8 Å². The maximum absolute atomic E-state index is 12.5. The fourth-order valence-corrected chi connectivity index (χ4v) is 3.14. The number of nitrogens with one attached hydrogen (secondary N) is 1. The number of hydrogen-bond acceptors (Lipinski definition) is 4. The molecule has 0 saturated carbocycles. The van der Waals surface area contributed by atoms with E-state index in [9.17, 15) is 14.4 Å². The maximum Gasteiger partial charge on any atom is 0.412 e. The first-order valence-electron chi connectivity index (χ1n) is 10.0. The summed E-state index contributed by atoms with van der Waals surface area (Å²) in [6.07, 6.45) is 3.52. The van der Waals surface area contributed by atoms with Crippen LogP contribution in [0.5, 0.6) is 0 Å². The highest BCUT2D eigenvalue weighted by Gasteiger charge is 2.24. The number of primary amides is 1. The van der Waals surface area contributed by atoms with E-state index in [1.54, 1.807) is 29.1 Å². The molecule has 2 atom stereocenters. The van der Waals surface area contributed by atoms with Crippen LogP contribution in [-0.2, 0) is 22.7 Å². The number of aromatic nitrogens is 1. The van der Waals surface area contributed by atoms with Crippen LogP contribution in [-0.4, -0.2) is 23.8 Å². The van der Waals surface area contributed by atoms with Crippen molar-refractivity contribution in [3.8, 4) is 0 Å². The van der Waals surface area contributed by atoms with Crippen LogP contribution in [0.2, 0.25) is 0 Å². The van der Waals surface area contributed by atoms with Crippen molar-refractivity contribution >= 4 is 17.8 Å². The van der Waals surface area contributed by atoms with E-state index in [0.29, 0.717) is 12.0 Å². The number of hydrogen-bond donors (Lipinski definition) is 2. The fourth-order valence-electron chi connectivity index (χ4n) is 3.14. The maximum atomic E-state index is 12.5. The Balaban J connectivity index is 1.88. The standard InChI is InChI=1S/C23H29N3O4/c1-16(2)20(22(24)28)13-21(27)19-10-7-11-26(14-19)15-30-23(29)25-17(3)12-18-8-5-4-6-9-18/h4-11,14,16-17,20H,12-13,15H2,1-3H3,(H2-,24,25,28,29)/p+1/t17-,20-/m0/s1. The molecule has 7 heteroatoms. The molecule has 0 aliphatic rings. The van der Waals surface area contributed by atoms with Crippen LogP contribution >= 0.6 is 0 Å². The Kier molecular flexibility index (Phi) is 8.53. The van der Waals surface area contributed by atoms with E-state index in [1.165, 1.54) is 0 Å². The average molecular weight is 413 g/mol. The van der Waals surface area contributed by atoms with Gasteiger partial charge in [-0.25, -0.2) is 4.79 Å². The van der Waals surface area contributed by atoms with Gasteiger partial charge >= 0.3 is 6.09 Å². The summed E-state index contributed by atoms with van der Waals surface area (Å²) in [6, 6.07) is 13.1. The second-order valence-corrected chi connectivity index (χ2v) is 7.78. The highest BCUT2D eigenvalue weighted by molar-refractivity contribution is 5.98. The normalized spacial score (nSPS) is 12.8. The Morgan fingerprint density at radius 3 is 2.40 bits per heavy atom. The largest absolute Gasteiger partial charge is 0.412 e. The van der Waals surface area contributed by atoms with Crippen LogP contribution in [0.4, 0.5) is 4.79 Å². The molecule has 7 nitrogen and oxygen atoms in total. The van der Waals surface area contributed by atoms with Crippen LogP contribution in [0.3, 0.4) is 0 Å². The summed E-state index contributed by atoms with van der Waals surface area (Å²) in [7, 11) is 0. The lowest BCUT2D eigenvalue weighted by atomic mass is 9.89. The summed E-state index contributed by atoms with van der Waals surface area (Å²) >= 11 is 0. The molecule has 0 spiro atoms. The van der Waals surface area contributed by atoms with Crippen molar-refractivity contribution in [1.82, 2.24) is 5.32 Å². The number of carbonyl (C=O) groups is 3. The summed E-state index contributed by atoms with van der Waals surface area (Å²) < 4.78 is 6.86. The molecule has 3 N–H and O–H groups in total. The first-order valence-corrected chi connectivity index (χ1v) is 10.0. The fraction of sp³-hybridized carbons (Fsp3) is 0.391. The summed E-state index contributed by atoms with van der Waals surface area (Å²) in [5.41, 5.74) is 6.96. The highest BCUT2D eigenvalue weighted by atomic mass is 16.6. The molecule has 0 fully saturated rings. The van der Waals surface area contributed by atoms with E-state index in [2.05, 4.69) is 5.32 Å². The molecular formula is C23H30N3O4+. The third-order valence-electron chi connectivity index (χ3n) is 4.85. The lowest BCUT2D eigenvalue weighted by molar-refractivity contribution is -0.727. The average Bonchev–Trinajstić information content (AvgIpc) is 2.70. The number of pyridine rings is 1. The van der Waals surface area contributed by atoms with Crippen molar-refractivity contribution in [2.45, 2.75) is 46.4 Å². The Labute approximate surface area is 177 Å². The van der Waals surface area contributed by atoms with Crippen molar-refractivity contribution in [2.24, 2.45) is 17.6 Å². The third-order valence-corrected chi connectivity index (χ3v) is 4.85. The van der Waals surface area contributed by atoms with E-state index in [1.807, 2.05) is 51.1 Å². The monoisotopic (exact) mass is 412 g/mol. The summed E-state index contributed by atoms with van der Waals surface area (Å²) in [5.74, 6) is -1.19. The Morgan fingerprint density at radius 2 is 1.77 bits per heavy atom. The summed E-state index contributed by atoms with van der Waals surface area (Å²) in [5, 5.41) is 2.79. The molecule has 1 aromatic carbocycles. The van der Waals surface area contributed by atoms with Crippen molar-refractivity contribution in [1.29, 1.82) is 0 Å². The van der Waals surface area contributed by atoms with Gasteiger partial charge in [-0.15, -0.1) is 0 Å². The van der Waals surface area contributed by atoms with Gasteiger partial charge in [0.05, 0.1) is 5.56 Å². The first kappa shape index (κ1) is 23.1. The first-order chi connectivity index (χ1) is 14.3. The van der Waals surface area contributed by atoms with Gasteiger partial charge in [-0.05, 0) is 30.9 Å². The third kappa shape index (κ3) is 7.31. The zero-order valence-electron chi connectivity index (χ0n) is 17.7. The Hall–Kier alpha value is -3.22. The van der Waals surface area contributed by atoms with Crippen LogP contribution in [0, 0.1) is 11.8 Å². The minimum Gasteiger partial charge on any atom is -0.388 e. The molecule has 2 aromatic rings. The molecule has 0 unspecified atom stereocenters. The number of rotatable bonds is 10. The molecule has 1 aromatic heterocycles. The van der Waals surface area contributed by atoms with Gasteiger partial charge in [0.2, 0.25) is 5.91 Å². The van der Waals surface area contributed by atoms with Gasteiger partial charge in [0.1, 0.15) is 0 Å². The molecule has 0 saturated heterocycles. The van der Waals surface area contributed by atoms with Crippen LogP contribution in [0.25, 0.3) is 0 Å². The predicted octanol–water partition coefficient (Wildman–Crippen LogP) is 2.62. The van der Waals surface area contributed by atoms with E-state index < -0.39 is 17.9 Å². The zero-order chi connectivity index (χ0) is 22.1. The van der Waals surface area contributed by atoms with E-state index >= 15 is 0 Å². The van der Waals surface area contributed by atoms with Crippen molar-refractivity contribution in [3.05, 3.63) is 66.0 Å². The van der Waals surface area contributed by atoms with Gasteiger partial charge in [0.15, 0.2) is 18.2 Å². The lowest BCUT2D eigenvalue weighted by Gasteiger charge is -2.15. The molecule has 0 radical (unpaired) electrons. The minimum absolute atomic E-state index is 0.0211. The quantitative estimate of drug-likeness (QED) is 0.462. The molecule has 2 amide bonds. The molecule has 0 bridgehead atoms. The van der Waals surface area contributed by atoms with Gasteiger partial charge in [0, 0.05) is 24.4 Å². The number of Topliss-reactive ketones (excluding diaryl/α,β-unsaturated/α-hetero) is 1. The number of nitrogens with two attached hydrogens (primary N) is 1. The highest BCUT2D eigenvalue weighted by Crippen LogP contribution is 2.17. The van der Waals surface area contributed by atoms with E-state index in [0.717, 1.165) is 5.56 Å². The molecule has 0 aliphatic heterocycles. The predicted molar refractivity (Wildman–Crippen MR) is 112 cm³/mol. The number of nitrogens with zero attached hydrogens (tertiary/aromatic N) is 1. The minimum atomic E-state index is -0.531. The van der Waals surface area contributed by atoms with Crippen LogP contribution < -0.4 is 15.6 Å². The molecule has 30 heavy (non-hydrogen) atoms. The van der Waals surface area contributed by atoms with Gasteiger partial charge in [-0.2, -0.15) is 4.57 Å². The van der Waals surface area contributed by atoms with Crippen LogP contribution in [0.1, 0.15) is 43.1 Å². The van der Waals surface area contributed by atoms with Crippen molar-refractivity contribution < 1.29 is 23.7 Å². The SMILES string of the molecule is CC(C)[C@H](CC(=O)c1ccc[n+](COC(=O)N[C@@H](C)Cc2ccccc2)c1)C(N)=O. The molecular weight excluding hydrogens is 382 g/mol. The van der Waals surface area contributed by atoms with E-state index in [-0.39, 0.29) is 30.9 Å². The van der Waals surface area contributed by atoms with Gasteiger partial charge in [-0.1, -0.05) is 44.2 Å². The number of carbonyl (C=O) groups excluding carboxylic acids is 3. The van der Waals surface area contributed by atoms with Crippen molar-refractivity contribution in [2.75, 3.05) is 0 Å². The number of ether oxygens (including phenoxy) is 1. The van der Waals surface area contributed by atoms with Gasteiger partial charge in [0.25, 0.3) is 6.73 Å². The Morgan fingerprint density at radius 1 is 1.07 bits per heavy atom. The Bertz CT molecular complexity index is 868. The van der Waals surface area contributed by atoms with E-state index in [4.69, 9.17) is 10.5 Å². The number of amides is 2. The second kappa shape index (κ2) is 11.1.